The molecule has 7 heteroatoms. The summed E-state index contributed by atoms with van der Waals surface area (Å²) in [6.45, 7) is 31.6. The monoisotopic (exact) mass is 598 g/mol. The van der Waals surface area contributed by atoms with E-state index in [0.717, 1.165) is 36.4 Å². The van der Waals surface area contributed by atoms with E-state index in [1.165, 1.54) is 33.0 Å². The van der Waals surface area contributed by atoms with Gasteiger partial charge in [0.1, 0.15) is 11.1 Å². The van der Waals surface area contributed by atoms with E-state index >= 15 is 0 Å². The molecule has 1 spiro atoms. The van der Waals surface area contributed by atoms with Gasteiger partial charge in [-0.3, -0.25) is 4.98 Å². The number of nitrogens with zero attached hydrogens (tertiary/aromatic N) is 2. The fourth-order valence-corrected chi connectivity index (χ4v) is 9.37. The van der Waals surface area contributed by atoms with Gasteiger partial charge in [0, 0.05) is 53.4 Å². The number of aromatic nitrogens is 2. The Bertz CT molecular complexity index is 1310. The Morgan fingerprint density at radius 1 is 1.00 bits per heavy atom. The molecular formula is C34H54N2O3SSi. The molecule has 228 valence electrons. The van der Waals surface area contributed by atoms with Gasteiger partial charge in [-0.25, -0.2) is 4.98 Å². The average molecular weight is 599 g/mol. The fourth-order valence-electron chi connectivity index (χ4n) is 6.94. The Kier molecular flexibility index (Phi) is 7.80. The molecule has 5 rings (SSSR count). The Balaban J connectivity index is 1.79. The highest BCUT2D eigenvalue weighted by Crippen LogP contribution is 2.59. The number of rotatable bonds is 4. The van der Waals surface area contributed by atoms with Crippen LogP contribution in [-0.4, -0.2) is 31.5 Å². The molecule has 0 amide bonds. The van der Waals surface area contributed by atoms with Crippen molar-refractivity contribution < 1.29 is 13.9 Å². The predicted octanol–water partition coefficient (Wildman–Crippen LogP) is 9.43. The summed E-state index contributed by atoms with van der Waals surface area (Å²) in [4.78, 5) is 12.1. The molecule has 3 aliphatic rings. The normalized spacial score (nSPS) is 24.1. The van der Waals surface area contributed by atoms with Crippen LogP contribution < -0.4 is 0 Å². The van der Waals surface area contributed by atoms with Crippen LogP contribution in [0.4, 0.5) is 0 Å². The maximum absolute atomic E-state index is 7.37. The molecule has 5 nitrogen and oxygen atoms in total. The third-order valence-corrected chi connectivity index (χ3v) is 16.1. The number of hydrogen-bond donors (Lipinski definition) is 0. The van der Waals surface area contributed by atoms with Crippen LogP contribution in [0.5, 0.6) is 0 Å². The summed E-state index contributed by atoms with van der Waals surface area (Å²) in [6, 6.07) is 0. The van der Waals surface area contributed by atoms with Crippen molar-refractivity contribution in [2.45, 2.75) is 149 Å². The van der Waals surface area contributed by atoms with Gasteiger partial charge in [-0.1, -0.05) is 69.2 Å². The minimum absolute atomic E-state index is 0.0161. The summed E-state index contributed by atoms with van der Waals surface area (Å²) < 4.78 is 20.7. The highest BCUT2D eigenvalue weighted by molar-refractivity contribution is 7.12. The standard InChI is InChI=1S/C34H54N2O3SSi/c1-20(2)27-25-26(24-22(36-27)18-33(10,11)19-23(24)39-41(12,13)32(7,8)9)34(14-16-37-17-15-34)38-28(25)30-35-21(3)29(40-30)31(4,5)6/h20,23,28H,14-19H2,1-13H3. The topological polar surface area (TPSA) is 53.5 Å². The summed E-state index contributed by atoms with van der Waals surface area (Å²) in [5.74, 6) is 0.281. The first-order chi connectivity index (χ1) is 18.8. The molecule has 0 aromatic carbocycles. The van der Waals surface area contributed by atoms with Gasteiger partial charge >= 0.3 is 0 Å². The second-order valence-electron chi connectivity index (χ2n) is 16.5. The summed E-state index contributed by atoms with van der Waals surface area (Å²) in [6.07, 6.45) is 3.50. The van der Waals surface area contributed by atoms with E-state index in [9.17, 15) is 0 Å². The van der Waals surface area contributed by atoms with Crippen LogP contribution in [0, 0.1) is 12.3 Å². The lowest BCUT2D eigenvalue weighted by molar-refractivity contribution is -0.122. The molecular weight excluding hydrogens is 545 g/mol. The molecule has 4 heterocycles. The number of ether oxygens (including phenoxy) is 2. The van der Waals surface area contributed by atoms with Gasteiger partial charge in [-0.2, -0.15) is 0 Å². The molecule has 0 bridgehead atoms. The Hall–Kier alpha value is -1.12. The van der Waals surface area contributed by atoms with Crippen LogP contribution in [0.3, 0.4) is 0 Å². The quantitative estimate of drug-likeness (QED) is 0.328. The van der Waals surface area contributed by atoms with Crippen molar-refractivity contribution in [3.05, 3.63) is 43.7 Å². The zero-order valence-electron chi connectivity index (χ0n) is 28.0. The van der Waals surface area contributed by atoms with Gasteiger partial charge in [-0.15, -0.1) is 11.3 Å². The molecule has 41 heavy (non-hydrogen) atoms. The fraction of sp³-hybridized carbons (Fsp3) is 0.765. The van der Waals surface area contributed by atoms with Crippen LogP contribution >= 0.6 is 11.3 Å². The molecule has 0 N–H and O–H groups in total. The predicted molar refractivity (Wildman–Crippen MR) is 172 cm³/mol. The van der Waals surface area contributed by atoms with Gasteiger partial charge in [-0.05, 0) is 60.2 Å². The lowest BCUT2D eigenvalue weighted by Gasteiger charge is -2.46. The maximum atomic E-state index is 7.37. The van der Waals surface area contributed by atoms with E-state index in [1.807, 2.05) is 11.3 Å². The minimum atomic E-state index is -2.06. The second kappa shape index (κ2) is 10.2. The van der Waals surface area contributed by atoms with Crippen molar-refractivity contribution >= 4 is 19.7 Å². The molecule has 0 radical (unpaired) electrons. The average Bonchev–Trinajstić information content (AvgIpc) is 3.36. The number of aryl methyl sites for hydroxylation is 1. The maximum Gasteiger partial charge on any atom is 0.192 e. The van der Waals surface area contributed by atoms with E-state index in [0.29, 0.717) is 13.2 Å². The van der Waals surface area contributed by atoms with Crippen molar-refractivity contribution in [3.63, 3.8) is 0 Å². The molecule has 1 saturated heterocycles. The highest BCUT2D eigenvalue weighted by atomic mass is 32.1. The van der Waals surface area contributed by atoms with Crippen molar-refractivity contribution in [1.29, 1.82) is 0 Å². The van der Waals surface area contributed by atoms with Crippen LogP contribution in [0.15, 0.2) is 0 Å². The Morgan fingerprint density at radius 3 is 2.17 bits per heavy atom. The zero-order valence-corrected chi connectivity index (χ0v) is 29.8. The van der Waals surface area contributed by atoms with E-state index in [-0.39, 0.29) is 34.0 Å². The zero-order chi connectivity index (χ0) is 30.3. The van der Waals surface area contributed by atoms with E-state index in [1.54, 1.807) is 0 Å². The number of fused-ring (bicyclic) bond motifs is 4. The van der Waals surface area contributed by atoms with E-state index < -0.39 is 13.9 Å². The third-order valence-electron chi connectivity index (χ3n) is 9.96. The SMILES string of the molecule is Cc1nc(C2OC3(CCOCC3)c3c4c(nc(C(C)C)c32)CC(C)(C)CC4O[Si](C)(C)C(C)(C)C)sc1C(C)(C)C. The molecule has 2 aliphatic heterocycles. The van der Waals surface area contributed by atoms with Gasteiger partial charge < -0.3 is 13.9 Å². The van der Waals surface area contributed by atoms with Crippen molar-refractivity contribution in [2.75, 3.05) is 13.2 Å². The highest BCUT2D eigenvalue weighted by Gasteiger charge is 2.54. The number of thiazole rings is 1. The molecule has 2 aromatic rings. The first-order valence-electron chi connectivity index (χ1n) is 15.7. The van der Waals surface area contributed by atoms with Crippen molar-refractivity contribution in [1.82, 2.24) is 9.97 Å². The molecule has 2 unspecified atom stereocenters. The van der Waals surface area contributed by atoms with Crippen LogP contribution in [0.2, 0.25) is 18.1 Å². The summed E-state index contributed by atoms with van der Waals surface area (Å²) in [7, 11) is -2.06. The minimum Gasteiger partial charge on any atom is -0.410 e. The lowest BCUT2D eigenvalue weighted by atomic mass is 9.70. The van der Waals surface area contributed by atoms with Gasteiger partial charge in [0.2, 0.25) is 0 Å². The van der Waals surface area contributed by atoms with Crippen molar-refractivity contribution in [2.24, 2.45) is 5.41 Å². The molecule has 2 atom stereocenters. The van der Waals surface area contributed by atoms with E-state index in [4.69, 9.17) is 23.9 Å². The molecule has 2 aromatic heterocycles. The van der Waals surface area contributed by atoms with Crippen LogP contribution in [0.25, 0.3) is 0 Å². The van der Waals surface area contributed by atoms with Gasteiger partial charge in [0.05, 0.1) is 17.4 Å². The summed E-state index contributed by atoms with van der Waals surface area (Å²) in [5, 5.41) is 1.19. The van der Waals surface area contributed by atoms with Crippen molar-refractivity contribution in [3.8, 4) is 0 Å². The first kappa shape index (κ1) is 31.3. The summed E-state index contributed by atoms with van der Waals surface area (Å²) >= 11 is 1.83. The van der Waals surface area contributed by atoms with Gasteiger partial charge in [0.25, 0.3) is 0 Å². The Labute approximate surface area is 254 Å². The molecule has 0 saturated carbocycles. The number of pyridine rings is 1. The lowest BCUT2D eigenvalue weighted by Crippen LogP contribution is -2.45. The van der Waals surface area contributed by atoms with E-state index in [2.05, 4.69) is 89.3 Å². The largest absolute Gasteiger partial charge is 0.410 e. The smallest absolute Gasteiger partial charge is 0.192 e. The third kappa shape index (κ3) is 5.52. The number of hydrogen-bond acceptors (Lipinski definition) is 6. The first-order valence-corrected chi connectivity index (χ1v) is 19.5. The second-order valence-corrected chi connectivity index (χ2v) is 22.3. The molecule has 1 aliphatic carbocycles. The molecule has 1 fully saturated rings. The van der Waals surface area contributed by atoms with Crippen LogP contribution in [-0.2, 0) is 31.3 Å². The van der Waals surface area contributed by atoms with Gasteiger partial charge in [0.15, 0.2) is 8.32 Å². The Morgan fingerprint density at radius 2 is 1.63 bits per heavy atom. The summed E-state index contributed by atoms with van der Waals surface area (Å²) in [5.41, 5.74) is 7.28. The van der Waals surface area contributed by atoms with Crippen LogP contribution in [0.1, 0.15) is 150 Å².